The van der Waals surface area contributed by atoms with Crippen LogP contribution in [0.5, 0.6) is 0 Å². The lowest BCUT2D eigenvalue weighted by atomic mass is 10.2. The summed E-state index contributed by atoms with van der Waals surface area (Å²) in [5.41, 5.74) is 2.05. The predicted molar refractivity (Wildman–Crippen MR) is 78.2 cm³/mol. The lowest BCUT2D eigenvalue weighted by Crippen LogP contribution is -2.21. The second-order valence-corrected chi connectivity index (χ2v) is 5.75. The zero-order chi connectivity index (χ0) is 13.1. The molecule has 1 heterocycles. The van der Waals surface area contributed by atoms with E-state index < -0.39 is 0 Å². The Morgan fingerprint density at radius 3 is 2.78 bits per heavy atom. The molecule has 1 aromatic carbocycles. The standard InChI is InChI=1S/C13H15BrClN3/c1-9(2)16-6-10-3-4-13(12(15)5-10)18-8-11(14)7-17-18/h3-5,7-9,16H,6H2,1-2H3. The molecule has 18 heavy (non-hydrogen) atoms. The second-order valence-electron chi connectivity index (χ2n) is 4.42. The van der Waals surface area contributed by atoms with E-state index in [0.717, 1.165) is 16.7 Å². The third kappa shape index (κ3) is 3.34. The van der Waals surface area contributed by atoms with Crippen LogP contribution in [-0.2, 0) is 6.54 Å². The van der Waals surface area contributed by atoms with Crippen molar-refractivity contribution in [2.75, 3.05) is 0 Å². The fourth-order valence-electron chi connectivity index (χ4n) is 1.60. The van der Waals surface area contributed by atoms with E-state index in [4.69, 9.17) is 11.6 Å². The monoisotopic (exact) mass is 327 g/mol. The topological polar surface area (TPSA) is 29.9 Å². The Bertz CT molecular complexity index is 537. The van der Waals surface area contributed by atoms with Gasteiger partial charge in [-0.25, -0.2) is 4.68 Å². The molecule has 1 N–H and O–H groups in total. The molecular weight excluding hydrogens is 314 g/mol. The lowest BCUT2D eigenvalue weighted by molar-refractivity contribution is 0.589. The van der Waals surface area contributed by atoms with Crippen LogP contribution in [0.15, 0.2) is 35.1 Å². The van der Waals surface area contributed by atoms with Crippen LogP contribution < -0.4 is 5.32 Å². The molecule has 0 saturated carbocycles. The first-order chi connectivity index (χ1) is 8.56. The highest BCUT2D eigenvalue weighted by atomic mass is 79.9. The van der Waals surface area contributed by atoms with Crippen LogP contribution in [-0.4, -0.2) is 15.8 Å². The summed E-state index contributed by atoms with van der Waals surface area (Å²) in [5, 5.41) is 8.29. The molecule has 2 rings (SSSR count). The number of hydrogen-bond acceptors (Lipinski definition) is 2. The van der Waals surface area contributed by atoms with Crippen molar-refractivity contribution >= 4 is 27.5 Å². The molecule has 2 aromatic rings. The van der Waals surface area contributed by atoms with Crippen LogP contribution >= 0.6 is 27.5 Å². The highest BCUT2D eigenvalue weighted by Gasteiger charge is 2.06. The van der Waals surface area contributed by atoms with Gasteiger partial charge in [-0.1, -0.05) is 31.5 Å². The minimum Gasteiger partial charge on any atom is -0.310 e. The third-order valence-electron chi connectivity index (χ3n) is 2.52. The van der Waals surface area contributed by atoms with Gasteiger partial charge in [0, 0.05) is 18.8 Å². The van der Waals surface area contributed by atoms with Gasteiger partial charge in [0.1, 0.15) is 0 Å². The van der Waals surface area contributed by atoms with Crippen molar-refractivity contribution in [2.45, 2.75) is 26.4 Å². The van der Waals surface area contributed by atoms with Crippen LogP contribution in [0.3, 0.4) is 0 Å². The van der Waals surface area contributed by atoms with E-state index in [2.05, 4.69) is 46.3 Å². The summed E-state index contributed by atoms with van der Waals surface area (Å²) in [7, 11) is 0. The van der Waals surface area contributed by atoms with Crippen molar-refractivity contribution in [1.29, 1.82) is 0 Å². The fourth-order valence-corrected chi connectivity index (χ4v) is 2.18. The van der Waals surface area contributed by atoms with Gasteiger partial charge in [-0.05, 0) is 33.6 Å². The highest BCUT2D eigenvalue weighted by Crippen LogP contribution is 2.22. The zero-order valence-corrected chi connectivity index (χ0v) is 12.7. The van der Waals surface area contributed by atoms with E-state index in [1.54, 1.807) is 10.9 Å². The maximum absolute atomic E-state index is 6.28. The largest absolute Gasteiger partial charge is 0.310 e. The molecular formula is C13H15BrClN3. The van der Waals surface area contributed by atoms with E-state index in [1.807, 2.05) is 18.3 Å². The number of aromatic nitrogens is 2. The second kappa shape index (κ2) is 5.87. The molecule has 5 heteroatoms. The molecule has 0 aliphatic heterocycles. The predicted octanol–water partition coefficient (Wildman–Crippen LogP) is 3.79. The van der Waals surface area contributed by atoms with Crippen molar-refractivity contribution in [2.24, 2.45) is 0 Å². The lowest BCUT2D eigenvalue weighted by Gasteiger charge is -2.10. The molecule has 0 fully saturated rings. The number of benzene rings is 1. The first kappa shape index (κ1) is 13.6. The van der Waals surface area contributed by atoms with Crippen LogP contribution in [0, 0.1) is 0 Å². The molecule has 3 nitrogen and oxygen atoms in total. The molecule has 0 unspecified atom stereocenters. The Kier molecular flexibility index (Phi) is 4.43. The van der Waals surface area contributed by atoms with E-state index in [1.165, 1.54) is 5.56 Å². The van der Waals surface area contributed by atoms with E-state index in [9.17, 15) is 0 Å². The number of nitrogens with zero attached hydrogens (tertiary/aromatic N) is 2. The summed E-state index contributed by atoms with van der Waals surface area (Å²) in [6.45, 7) is 5.06. The van der Waals surface area contributed by atoms with Gasteiger partial charge in [-0.15, -0.1) is 0 Å². The Balaban J connectivity index is 2.20. The minimum absolute atomic E-state index is 0.463. The average Bonchev–Trinajstić information content (AvgIpc) is 2.73. The summed E-state index contributed by atoms with van der Waals surface area (Å²) in [6, 6.07) is 6.48. The van der Waals surface area contributed by atoms with Crippen molar-refractivity contribution in [3.8, 4) is 5.69 Å². The Hall–Kier alpha value is -0.840. The Morgan fingerprint density at radius 2 is 2.22 bits per heavy atom. The molecule has 1 aromatic heterocycles. The normalized spacial score (nSPS) is 11.2. The van der Waals surface area contributed by atoms with Gasteiger partial charge in [-0.2, -0.15) is 5.10 Å². The molecule has 0 aliphatic carbocycles. The molecule has 0 radical (unpaired) electrons. The maximum atomic E-state index is 6.28. The minimum atomic E-state index is 0.463. The molecule has 0 atom stereocenters. The zero-order valence-electron chi connectivity index (χ0n) is 10.3. The number of hydrogen-bond donors (Lipinski definition) is 1. The van der Waals surface area contributed by atoms with Gasteiger partial charge >= 0.3 is 0 Å². The molecule has 0 bridgehead atoms. The van der Waals surface area contributed by atoms with Crippen LogP contribution in [0.25, 0.3) is 5.69 Å². The van der Waals surface area contributed by atoms with E-state index in [0.29, 0.717) is 11.1 Å². The molecule has 0 spiro atoms. The molecule has 96 valence electrons. The van der Waals surface area contributed by atoms with Gasteiger partial charge < -0.3 is 5.32 Å². The molecule has 0 aliphatic rings. The summed E-state index contributed by atoms with van der Waals surface area (Å²) >= 11 is 9.66. The summed E-state index contributed by atoms with van der Waals surface area (Å²) < 4.78 is 2.69. The SMILES string of the molecule is CC(C)NCc1ccc(-n2cc(Br)cn2)c(Cl)c1. The first-order valence-corrected chi connectivity index (χ1v) is 6.95. The number of halogens is 2. The van der Waals surface area contributed by atoms with Gasteiger partial charge in [0.05, 0.1) is 21.4 Å². The maximum Gasteiger partial charge on any atom is 0.0832 e. The van der Waals surface area contributed by atoms with Crippen molar-refractivity contribution in [1.82, 2.24) is 15.1 Å². The Labute approximate surface area is 120 Å². The van der Waals surface area contributed by atoms with Crippen LogP contribution in [0.1, 0.15) is 19.4 Å². The smallest absolute Gasteiger partial charge is 0.0832 e. The first-order valence-electron chi connectivity index (χ1n) is 5.78. The van der Waals surface area contributed by atoms with Crippen LogP contribution in [0.2, 0.25) is 5.02 Å². The number of nitrogens with one attached hydrogen (secondary N) is 1. The van der Waals surface area contributed by atoms with E-state index in [-0.39, 0.29) is 0 Å². The average molecular weight is 329 g/mol. The van der Waals surface area contributed by atoms with Gasteiger partial charge in [-0.3, -0.25) is 0 Å². The van der Waals surface area contributed by atoms with Crippen molar-refractivity contribution < 1.29 is 0 Å². The Morgan fingerprint density at radius 1 is 1.44 bits per heavy atom. The van der Waals surface area contributed by atoms with Crippen molar-refractivity contribution in [3.63, 3.8) is 0 Å². The quantitative estimate of drug-likeness (QED) is 0.925. The van der Waals surface area contributed by atoms with Crippen molar-refractivity contribution in [3.05, 3.63) is 45.7 Å². The van der Waals surface area contributed by atoms with Crippen LogP contribution in [0.4, 0.5) is 0 Å². The van der Waals surface area contributed by atoms with E-state index >= 15 is 0 Å². The van der Waals surface area contributed by atoms with Gasteiger partial charge in [0.15, 0.2) is 0 Å². The summed E-state index contributed by atoms with van der Waals surface area (Å²) in [4.78, 5) is 0. The summed E-state index contributed by atoms with van der Waals surface area (Å²) in [6.07, 6.45) is 3.62. The highest BCUT2D eigenvalue weighted by molar-refractivity contribution is 9.10. The molecule has 0 saturated heterocycles. The number of rotatable bonds is 4. The van der Waals surface area contributed by atoms with Gasteiger partial charge in [0.2, 0.25) is 0 Å². The fraction of sp³-hybridized carbons (Fsp3) is 0.308. The molecule has 0 amide bonds. The third-order valence-corrected chi connectivity index (χ3v) is 3.24. The summed E-state index contributed by atoms with van der Waals surface area (Å²) in [5.74, 6) is 0. The van der Waals surface area contributed by atoms with Gasteiger partial charge in [0.25, 0.3) is 0 Å².